The molecule has 0 spiro atoms. The van der Waals surface area contributed by atoms with Gasteiger partial charge in [-0.1, -0.05) is 36.4 Å². The zero-order valence-corrected chi connectivity index (χ0v) is 17.3. The Morgan fingerprint density at radius 2 is 1.97 bits per heavy atom. The highest BCUT2D eigenvalue weighted by Gasteiger charge is 2.30. The number of amides is 1. The molecule has 1 amide bonds. The number of alkyl halides is 3. The van der Waals surface area contributed by atoms with Gasteiger partial charge in [0.05, 0.1) is 5.56 Å². The molecular formula is C23H19ClF3N3O. The number of rotatable bonds is 7. The minimum absolute atomic E-state index is 0.302. The fourth-order valence-electron chi connectivity index (χ4n) is 3.08. The molecule has 1 heterocycles. The van der Waals surface area contributed by atoms with Crippen LogP contribution in [0.1, 0.15) is 27.9 Å². The van der Waals surface area contributed by atoms with E-state index in [0.29, 0.717) is 40.6 Å². The molecule has 0 saturated carbocycles. The molecule has 31 heavy (non-hydrogen) atoms. The van der Waals surface area contributed by atoms with Crippen LogP contribution in [0.5, 0.6) is 0 Å². The van der Waals surface area contributed by atoms with Gasteiger partial charge in [0.2, 0.25) is 6.41 Å². The second-order valence-electron chi connectivity index (χ2n) is 6.86. The summed E-state index contributed by atoms with van der Waals surface area (Å²) in [7, 11) is 0. The molecule has 0 aliphatic rings. The van der Waals surface area contributed by atoms with Crippen LogP contribution in [0.3, 0.4) is 0 Å². The number of halogens is 4. The minimum Gasteiger partial charge on any atom is -0.355 e. The van der Waals surface area contributed by atoms with Crippen molar-refractivity contribution >= 4 is 35.1 Å². The summed E-state index contributed by atoms with van der Waals surface area (Å²) in [6.45, 7) is 5.93. The first kappa shape index (κ1) is 22.4. The molecule has 2 N–H and O–H groups in total. The Kier molecular flexibility index (Phi) is 6.65. The van der Waals surface area contributed by atoms with Gasteiger partial charge < -0.3 is 10.6 Å². The molecule has 160 valence electrons. The van der Waals surface area contributed by atoms with Crippen molar-refractivity contribution in [2.45, 2.75) is 19.5 Å². The van der Waals surface area contributed by atoms with Crippen molar-refractivity contribution in [1.29, 1.82) is 0 Å². The van der Waals surface area contributed by atoms with E-state index in [1.54, 1.807) is 24.3 Å². The molecule has 3 rings (SSSR count). The monoisotopic (exact) mass is 445 g/mol. The van der Waals surface area contributed by atoms with Gasteiger partial charge in [-0.15, -0.1) is 0 Å². The van der Waals surface area contributed by atoms with Gasteiger partial charge >= 0.3 is 6.18 Å². The van der Waals surface area contributed by atoms with Gasteiger partial charge in [0.1, 0.15) is 0 Å². The highest BCUT2D eigenvalue weighted by atomic mass is 35.5. The highest BCUT2D eigenvalue weighted by Crippen LogP contribution is 2.30. The maximum absolute atomic E-state index is 12.7. The Bertz CT molecular complexity index is 1110. The molecule has 3 aromatic rings. The topological polar surface area (TPSA) is 54.0 Å². The second-order valence-corrected chi connectivity index (χ2v) is 7.27. The van der Waals surface area contributed by atoms with E-state index in [0.717, 1.165) is 29.0 Å². The third kappa shape index (κ3) is 5.44. The van der Waals surface area contributed by atoms with Crippen LogP contribution in [0.15, 0.2) is 61.3 Å². The first-order valence-electron chi connectivity index (χ1n) is 9.25. The summed E-state index contributed by atoms with van der Waals surface area (Å²) in [5.74, 6) is 0. The van der Waals surface area contributed by atoms with Crippen molar-refractivity contribution < 1.29 is 18.0 Å². The predicted molar refractivity (Wildman–Crippen MR) is 117 cm³/mol. The number of hydrogen-bond acceptors (Lipinski definition) is 3. The molecule has 0 aliphatic carbocycles. The van der Waals surface area contributed by atoms with E-state index in [2.05, 4.69) is 22.2 Å². The van der Waals surface area contributed by atoms with E-state index in [9.17, 15) is 18.0 Å². The zero-order chi connectivity index (χ0) is 22.6. The standard InChI is InChI=1S/C23H19ClF3N3O/c1-14-20(4-3-5-22(14)29-13-31)15(2)30-19-8-6-16(21(24)11-19)10-18-9-7-17(12-28-18)23(25,26)27/h3-9,11-13,30H,2,10H2,1H3,(H,29,31). The molecule has 0 bridgehead atoms. The Morgan fingerprint density at radius 3 is 2.58 bits per heavy atom. The van der Waals surface area contributed by atoms with Crippen LogP contribution >= 0.6 is 11.6 Å². The maximum atomic E-state index is 12.7. The van der Waals surface area contributed by atoms with E-state index >= 15 is 0 Å². The van der Waals surface area contributed by atoms with E-state index in [-0.39, 0.29) is 0 Å². The van der Waals surface area contributed by atoms with Crippen molar-refractivity contribution in [3.8, 4) is 0 Å². The van der Waals surface area contributed by atoms with Crippen molar-refractivity contribution in [2.75, 3.05) is 10.6 Å². The molecule has 2 aromatic carbocycles. The third-order valence-electron chi connectivity index (χ3n) is 4.75. The summed E-state index contributed by atoms with van der Waals surface area (Å²) in [5.41, 5.74) is 4.14. The lowest BCUT2D eigenvalue weighted by molar-refractivity contribution is -0.137. The number of nitrogens with zero attached hydrogens (tertiary/aromatic N) is 1. The second kappa shape index (κ2) is 9.22. The number of anilines is 2. The predicted octanol–water partition coefficient (Wildman–Crippen LogP) is 6.30. The number of carbonyl (C=O) groups excluding carboxylic acids is 1. The summed E-state index contributed by atoms with van der Waals surface area (Å²) >= 11 is 6.38. The van der Waals surface area contributed by atoms with Gasteiger partial charge in [-0.2, -0.15) is 13.2 Å². The van der Waals surface area contributed by atoms with Crippen LogP contribution in [-0.2, 0) is 17.4 Å². The zero-order valence-electron chi connectivity index (χ0n) is 16.6. The third-order valence-corrected chi connectivity index (χ3v) is 5.10. The molecular weight excluding hydrogens is 427 g/mol. The van der Waals surface area contributed by atoms with E-state index in [1.165, 1.54) is 6.07 Å². The number of carbonyl (C=O) groups is 1. The van der Waals surface area contributed by atoms with Gasteiger partial charge in [-0.25, -0.2) is 0 Å². The number of aromatic nitrogens is 1. The molecule has 0 aliphatic heterocycles. The first-order valence-corrected chi connectivity index (χ1v) is 9.63. The van der Waals surface area contributed by atoms with E-state index in [4.69, 9.17) is 11.6 Å². The normalized spacial score (nSPS) is 11.1. The van der Waals surface area contributed by atoms with Crippen LogP contribution in [0.2, 0.25) is 5.02 Å². The summed E-state index contributed by atoms with van der Waals surface area (Å²) in [6, 6.07) is 13.1. The number of nitrogens with one attached hydrogen (secondary N) is 2. The van der Waals surface area contributed by atoms with Gasteiger partial charge in [-0.05, 0) is 48.4 Å². The Balaban J connectivity index is 1.73. The molecule has 0 unspecified atom stereocenters. The summed E-state index contributed by atoms with van der Waals surface area (Å²) in [6.07, 6.45) is -2.68. The Morgan fingerprint density at radius 1 is 1.19 bits per heavy atom. The molecule has 0 atom stereocenters. The van der Waals surface area contributed by atoms with Crippen LogP contribution in [0.4, 0.5) is 24.5 Å². The minimum atomic E-state index is -4.42. The molecule has 4 nitrogen and oxygen atoms in total. The lowest BCUT2D eigenvalue weighted by Crippen LogP contribution is -2.06. The van der Waals surface area contributed by atoms with E-state index < -0.39 is 11.7 Å². The maximum Gasteiger partial charge on any atom is 0.417 e. The smallest absolute Gasteiger partial charge is 0.355 e. The average Bonchev–Trinajstić information content (AvgIpc) is 2.71. The lowest BCUT2D eigenvalue weighted by Gasteiger charge is -2.15. The summed E-state index contributed by atoms with van der Waals surface area (Å²) in [4.78, 5) is 14.6. The van der Waals surface area contributed by atoms with Gasteiger partial charge in [-0.3, -0.25) is 9.78 Å². The Hall–Kier alpha value is -3.32. The molecule has 1 aromatic heterocycles. The highest BCUT2D eigenvalue weighted by molar-refractivity contribution is 6.31. The molecule has 0 fully saturated rings. The van der Waals surface area contributed by atoms with E-state index in [1.807, 2.05) is 19.1 Å². The first-order chi connectivity index (χ1) is 14.7. The molecule has 0 radical (unpaired) electrons. The SMILES string of the molecule is C=C(Nc1ccc(Cc2ccc(C(F)(F)F)cn2)c(Cl)c1)c1cccc(NC=O)c1C. The van der Waals surface area contributed by atoms with Crippen LogP contribution in [0, 0.1) is 6.92 Å². The number of hydrogen-bond donors (Lipinski definition) is 2. The number of pyridine rings is 1. The Labute approximate surface area is 182 Å². The summed E-state index contributed by atoms with van der Waals surface area (Å²) in [5, 5.41) is 6.29. The van der Waals surface area contributed by atoms with Crippen LogP contribution in [0.25, 0.3) is 5.70 Å². The van der Waals surface area contributed by atoms with Gasteiger partial charge in [0, 0.05) is 46.0 Å². The molecule has 0 saturated heterocycles. The summed E-state index contributed by atoms with van der Waals surface area (Å²) < 4.78 is 38.0. The van der Waals surface area contributed by atoms with Crippen molar-refractivity contribution in [3.05, 3.63) is 94.3 Å². The van der Waals surface area contributed by atoms with Crippen molar-refractivity contribution in [1.82, 2.24) is 4.98 Å². The van der Waals surface area contributed by atoms with Crippen LogP contribution < -0.4 is 10.6 Å². The lowest BCUT2D eigenvalue weighted by atomic mass is 10.0. The average molecular weight is 446 g/mol. The molecule has 8 heteroatoms. The van der Waals surface area contributed by atoms with Gasteiger partial charge in [0.25, 0.3) is 0 Å². The fourth-order valence-corrected chi connectivity index (χ4v) is 3.33. The largest absolute Gasteiger partial charge is 0.417 e. The fraction of sp³-hybridized carbons (Fsp3) is 0.130. The van der Waals surface area contributed by atoms with Crippen LogP contribution in [-0.4, -0.2) is 11.4 Å². The van der Waals surface area contributed by atoms with Crippen molar-refractivity contribution in [2.24, 2.45) is 0 Å². The van der Waals surface area contributed by atoms with Gasteiger partial charge in [0.15, 0.2) is 0 Å². The number of benzene rings is 2. The quantitative estimate of drug-likeness (QED) is 0.419. The van der Waals surface area contributed by atoms with Crippen molar-refractivity contribution in [3.63, 3.8) is 0 Å².